The first-order valence-corrected chi connectivity index (χ1v) is 11.0. The second-order valence-corrected chi connectivity index (χ2v) is 8.93. The zero-order valence-corrected chi connectivity index (χ0v) is 18.2. The number of hydrogen-bond acceptors (Lipinski definition) is 5. The van der Waals surface area contributed by atoms with Gasteiger partial charge in [-0.05, 0) is 36.4 Å². The number of imide groups is 1. The van der Waals surface area contributed by atoms with Crippen LogP contribution in [0.25, 0.3) is 0 Å². The number of sulfonamides is 1. The fourth-order valence-electron chi connectivity index (χ4n) is 3.19. The van der Waals surface area contributed by atoms with E-state index in [9.17, 15) is 22.8 Å². The number of benzene rings is 2. The molecule has 1 aliphatic rings. The molecule has 3 rings (SSSR count). The number of amides is 3. The lowest BCUT2D eigenvalue weighted by Crippen LogP contribution is -2.31. The molecule has 30 heavy (non-hydrogen) atoms. The van der Waals surface area contributed by atoms with Crippen molar-refractivity contribution in [2.75, 3.05) is 25.5 Å². The Hall–Kier alpha value is -2.75. The standard InChI is InChI=1S/C20H20ClN3O5S/c1-4-24(5-2)30(28,29)17-10-12(6-9-16(17)21)18(25)22-13-7-8-14-15(11-13)20(27)23(3)19(14)26/h6-11H,4-5H2,1-3H3,(H,22,25). The quantitative estimate of drug-likeness (QED) is 0.683. The second kappa shape index (κ2) is 8.17. The van der Waals surface area contributed by atoms with E-state index in [1.807, 2.05) is 0 Å². The van der Waals surface area contributed by atoms with Crippen LogP contribution in [-0.2, 0) is 10.0 Å². The van der Waals surface area contributed by atoms with Crippen LogP contribution < -0.4 is 5.32 Å². The smallest absolute Gasteiger partial charge is 0.261 e. The predicted octanol–water partition coefficient (Wildman–Crippen LogP) is 2.85. The molecular formula is C20H20ClN3O5S. The Morgan fingerprint density at radius 1 is 1.03 bits per heavy atom. The Kier molecular flexibility index (Phi) is 5.98. The number of rotatable bonds is 6. The molecule has 8 nitrogen and oxygen atoms in total. The van der Waals surface area contributed by atoms with Gasteiger partial charge in [0.15, 0.2) is 0 Å². The summed E-state index contributed by atoms with van der Waals surface area (Å²) in [5.41, 5.74) is 0.851. The van der Waals surface area contributed by atoms with Gasteiger partial charge in [0, 0.05) is 31.4 Å². The van der Waals surface area contributed by atoms with Gasteiger partial charge >= 0.3 is 0 Å². The van der Waals surface area contributed by atoms with Crippen LogP contribution in [0.4, 0.5) is 5.69 Å². The highest BCUT2D eigenvalue weighted by Crippen LogP contribution is 2.28. The fraction of sp³-hybridized carbons (Fsp3) is 0.250. The number of hydrogen-bond donors (Lipinski definition) is 1. The zero-order chi connectivity index (χ0) is 22.2. The lowest BCUT2D eigenvalue weighted by atomic mass is 10.1. The summed E-state index contributed by atoms with van der Waals surface area (Å²) in [4.78, 5) is 37.7. The summed E-state index contributed by atoms with van der Waals surface area (Å²) in [6.07, 6.45) is 0. The van der Waals surface area contributed by atoms with Crippen molar-refractivity contribution in [3.05, 3.63) is 58.1 Å². The molecule has 1 aliphatic heterocycles. The number of fused-ring (bicyclic) bond motifs is 1. The van der Waals surface area contributed by atoms with Crippen LogP contribution in [0.1, 0.15) is 44.9 Å². The first-order chi connectivity index (χ1) is 14.1. The Morgan fingerprint density at radius 3 is 2.30 bits per heavy atom. The highest BCUT2D eigenvalue weighted by Gasteiger charge is 2.33. The molecule has 0 radical (unpaired) electrons. The van der Waals surface area contributed by atoms with Crippen LogP contribution >= 0.6 is 11.6 Å². The summed E-state index contributed by atoms with van der Waals surface area (Å²) < 4.78 is 26.9. The molecule has 0 bridgehead atoms. The van der Waals surface area contributed by atoms with E-state index in [1.54, 1.807) is 13.8 Å². The summed E-state index contributed by atoms with van der Waals surface area (Å²) in [5, 5.41) is 2.64. The van der Waals surface area contributed by atoms with Crippen molar-refractivity contribution < 1.29 is 22.8 Å². The van der Waals surface area contributed by atoms with E-state index >= 15 is 0 Å². The molecule has 0 atom stereocenters. The van der Waals surface area contributed by atoms with Gasteiger partial charge in [0.05, 0.1) is 16.1 Å². The van der Waals surface area contributed by atoms with Gasteiger partial charge in [-0.25, -0.2) is 8.42 Å². The molecule has 0 aromatic heterocycles. The van der Waals surface area contributed by atoms with E-state index in [0.717, 1.165) is 4.90 Å². The van der Waals surface area contributed by atoms with E-state index in [0.29, 0.717) is 5.69 Å². The van der Waals surface area contributed by atoms with Crippen molar-refractivity contribution in [2.24, 2.45) is 0 Å². The van der Waals surface area contributed by atoms with Crippen LogP contribution in [0.3, 0.4) is 0 Å². The van der Waals surface area contributed by atoms with Crippen molar-refractivity contribution in [1.82, 2.24) is 9.21 Å². The Bertz CT molecular complexity index is 1160. The van der Waals surface area contributed by atoms with E-state index in [2.05, 4.69) is 5.32 Å². The lowest BCUT2D eigenvalue weighted by Gasteiger charge is -2.19. The number of nitrogens with zero attached hydrogens (tertiary/aromatic N) is 2. The van der Waals surface area contributed by atoms with Gasteiger partial charge in [0.2, 0.25) is 10.0 Å². The highest BCUT2D eigenvalue weighted by atomic mass is 35.5. The summed E-state index contributed by atoms with van der Waals surface area (Å²) in [7, 11) is -2.47. The molecule has 0 spiro atoms. The maximum absolute atomic E-state index is 12.8. The van der Waals surface area contributed by atoms with Crippen LogP contribution in [0.5, 0.6) is 0 Å². The zero-order valence-electron chi connectivity index (χ0n) is 16.6. The van der Waals surface area contributed by atoms with Crippen molar-refractivity contribution in [1.29, 1.82) is 0 Å². The Labute approximate surface area is 179 Å². The molecule has 0 unspecified atom stereocenters. The SMILES string of the molecule is CCN(CC)S(=O)(=O)c1cc(C(=O)Nc2ccc3c(c2)C(=O)N(C)C3=O)ccc1Cl. The molecule has 2 aromatic rings. The third-order valence-corrected chi connectivity index (χ3v) is 7.40. The third-order valence-electron chi connectivity index (χ3n) is 4.86. The van der Waals surface area contributed by atoms with Gasteiger partial charge in [-0.2, -0.15) is 4.31 Å². The molecular weight excluding hydrogens is 430 g/mol. The van der Waals surface area contributed by atoms with E-state index in [4.69, 9.17) is 11.6 Å². The monoisotopic (exact) mass is 449 g/mol. The summed E-state index contributed by atoms with van der Waals surface area (Å²) in [6, 6.07) is 8.38. The molecule has 1 N–H and O–H groups in total. The van der Waals surface area contributed by atoms with Gasteiger partial charge in [0.1, 0.15) is 4.90 Å². The topological polar surface area (TPSA) is 104 Å². The third kappa shape index (κ3) is 3.71. The number of carbonyl (C=O) groups excluding carboxylic acids is 3. The van der Waals surface area contributed by atoms with Gasteiger partial charge in [-0.1, -0.05) is 25.4 Å². The largest absolute Gasteiger partial charge is 0.322 e. The molecule has 0 aliphatic carbocycles. The van der Waals surface area contributed by atoms with E-state index < -0.39 is 27.7 Å². The average molecular weight is 450 g/mol. The molecule has 2 aromatic carbocycles. The van der Waals surface area contributed by atoms with Crippen molar-refractivity contribution >= 4 is 45.0 Å². The second-order valence-electron chi connectivity index (χ2n) is 6.62. The van der Waals surface area contributed by atoms with Crippen LogP contribution in [0, 0.1) is 0 Å². The van der Waals surface area contributed by atoms with Gasteiger partial charge in [-0.15, -0.1) is 0 Å². The summed E-state index contributed by atoms with van der Waals surface area (Å²) in [5.74, 6) is -1.44. The minimum absolute atomic E-state index is 0.0168. The minimum Gasteiger partial charge on any atom is -0.322 e. The predicted molar refractivity (Wildman–Crippen MR) is 112 cm³/mol. The maximum Gasteiger partial charge on any atom is 0.261 e. The molecule has 1 heterocycles. The number of carbonyl (C=O) groups is 3. The normalized spacial score (nSPS) is 13.7. The van der Waals surface area contributed by atoms with Crippen molar-refractivity contribution in [2.45, 2.75) is 18.7 Å². The van der Waals surface area contributed by atoms with Crippen LogP contribution in [0.15, 0.2) is 41.3 Å². The van der Waals surface area contributed by atoms with E-state index in [-0.39, 0.29) is 39.7 Å². The van der Waals surface area contributed by atoms with Crippen LogP contribution in [-0.4, -0.2) is 55.5 Å². The van der Waals surface area contributed by atoms with Gasteiger partial charge in [-0.3, -0.25) is 19.3 Å². The summed E-state index contributed by atoms with van der Waals surface area (Å²) in [6.45, 7) is 3.95. The molecule has 3 amide bonds. The van der Waals surface area contributed by atoms with Crippen molar-refractivity contribution in [3.8, 4) is 0 Å². The average Bonchev–Trinajstić information content (AvgIpc) is 2.92. The maximum atomic E-state index is 12.8. The molecule has 158 valence electrons. The molecule has 0 saturated heterocycles. The number of halogens is 1. The highest BCUT2D eigenvalue weighted by molar-refractivity contribution is 7.89. The Morgan fingerprint density at radius 2 is 1.67 bits per heavy atom. The molecule has 0 fully saturated rings. The number of anilines is 1. The Balaban J connectivity index is 1.91. The first kappa shape index (κ1) is 21.9. The van der Waals surface area contributed by atoms with E-state index in [1.165, 1.54) is 47.8 Å². The number of nitrogens with one attached hydrogen (secondary N) is 1. The molecule has 0 saturated carbocycles. The fourth-order valence-corrected chi connectivity index (χ4v) is 5.15. The van der Waals surface area contributed by atoms with Gasteiger partial charge in [0.25, 0.3) is 17.7 Å². The summed E-state index contributed by atoms with van der Waals surface area (Å²) >= 11 is 6.10. The first-order valence-electron chi connectivity index (χ1n) is 9.19. The van der Waals surface area contributed by atoms with Crippen molar-refractivity contribution in [3.63, 3.8) is 0 Å². The molecule has 10 heteroatoms. The van der Waals surface area contributed by atoms with Gasteiger partial charge < -0.3 is 5.32 Å². The van der Waals surface area contributed by atoms with Crippen LogP contribution in [0.2, 0.25) is 5.02 Å². The lowest BCUT2D eigenvalue weighted by molar-refractivity contribution is 0.0692. The minimum atomic E-state index is -3.85.